The summed E-state index contributed by atoms with van der Waals surface area (Å²) in [7, 11) is 0. The van der Waals surface area contributed by atoms with Crippen molar-refractivity contribution in [3.63, 3.8) is 0 Å². The van der Waals surface area contributed by atoms with Gasteiger partial charge in [-0.2, -0.15) is 8.78 Å². The lowest BCUT2D eigenvalue weighted by Crippen LogP contribution is -1.98. The molecule has 0 unspecified atom stereocenters. The Morgan fingerprint density at radius 2 is 1.95 bits per heavy atom. The predicted octanol–water partition coefficient (Wildman–Crippen LogP) is 3.27. The number of halogens is 2. The van der Waals surface area contributed by atoms with Gasteiger partial charge in [-0.3, -0.25) is 0 Å². The van der Waals surface area contributed by atoms with Crippen LogP contribution in [0, 0.1) is 0 Å². The Balaban J connectivity index is 1.65. The Morgan fingerprint density at radius 3 is 2.67 bits per heavy atom. The van der Waals surface area contributed by atoms with Gasteiger partial charge < -0.3 is 14.3 Å². The monoisotopic (exact) mass is 292 g/mol. The fraction of sp³-hybridized carbons (Fsp3) is 0.154. The Bertz CT molecular complexity index is 712. The molecule has 2 aromatic heterocycles. The molecule has 2 heterocycles. The number of anilines is 1. The first-order valence-corrected chi connectivity index (χ1v) is 6.09. The summed E-state index contributed by atoms with van der Waals surface area (Å²) < 4.78 is 34.4. The zero-order valence-corrected chi connectivity index (χ0v) is 10.7. The summed E-state index contributed by atoms with van der Waals surface area (Å²) in [6, 6.07) is 11.2. The number of hydrogen-bond donors (Lipinski definition) is 1. The van der Waals surface area contributed by atoms with E-state index in [0.29, 0.717) is 11.5 Å². The molecule has 1 aromatic carbocycles. The van der Waals surface area contributed by atoms with Crippen molar-refractivity contribution in [2.45, 2.75) is 13.0 Å². The molecular weight excluding hydrogens is 282 g/mol. The highest BCUT2D eigenvalue weighted by Crippen LogP contribution is 2.21. The summed E-state index contributed by atoms with van der Waals surface area (Å²) in [5, 5.41) is 13.3. The second kappa shape index (κ2) is 5.70. The van der Waals surface area contributed by atoms with E-state index in [1.165, 1.54) is 0 Å². The van der Waals surface area contributed by atoms with Crippen molar-refractivity contribution in [2.75, 3.05) is 5.32 Å². The lowest BCUT2D eigenvalue weighted by Gasteiger charge is -1.95. The van der Waals surface area contributed by atoms with Gasteiger partial charge in [0.25, 0.3) is 5.89 Å². The largest absolute Gasteiger partial charge is 0.402 e. The highest BCUT2D eigenvalue weighted by atomic mass is 19.3. The third-order valence-corrected chi connectivity index (χ3v) is 2.67. The van der Waals surface area contributed by atoms with Gasteiger partial charge in [0.05, 0.1) is 6.54 Å². The minimum Gasteiger partial charge on any atom is -0.402 e. The second-order valence-electron chi connectivity index (χ2n) is 4.14. The van der Waals surface area contributed by atoms with Crippen molar-refractivity contribution < 1.29 is 17.7 Å². The molecule has 3 rings (SSSR count). The van der Waals surface area contributed by atoms with E-state index in [1.807, 2.05) is 30.3 Å². The summed E-state index contributed by atoms with van der Waals surface area (Å²) in [4.78, 5) is 0. The van der Waals surface area contributed by atoms with Crippen molar-refractivity contribution in [2.24, 2.45) is 0 Å². The van der Waals surface area contributed by atoms with Gasteiger partial charge in [0.15, 0.2) is 5.76 Å². The third kappa shape index (κ3) is 3.04. The quantitative estimate of drug-likeness (QED) is 0.777. The maximum atomic E-state index is 12.3. The Hall–Kier alpha value is -2.77. The summed E-state index contributed by atoms with van der Waals surface area (Å²) in [5.74, 6) is -0.203. The fourth-order valence-corrected chi connectivity index (χ4v) is 1.70. The number of alkyl halides is 2. The molecule has 1 N–H and O–H groups in total. The number of nitrogens with zero attached hydrogens (tertiary/aromatic N) is 3. The molecule has 21 heavy (non-hydrogen) atoms. The van der Waals surface area contributed by atoms with Gasteiger partial charge in [0.1, 0.15) is 5.69 Å². The molecule has 0 saturated heterocycles. The molecule has 0 amide bonds. The molecule has 0 fully saturated rings. The molecule has 0 spiro atoms. The van der Waals surface area contributed by atoms with E-state index < -0.39 is 12.3 Å². The van der Waals surface area contributed by atoms with E-state index in [9.17, 15) is 8.78 Å². The van der Waals surface area contributed by atoms with Crippen LogP contribution in [0.15, 0.2) is 45.3 Å². The van der Waals surface area contributed by atoms with Gasteiger partial charge in [-0.05, 0) is 0 Å². The van der Waals surface area contributed by atoms with E-state index >= 15 is 0 Å². The van der Waals surface area contributed by atoms with Crippen molar-refractivity contribution in [1.29, 1.82) is 0 Å². The number of rotatable bonds is 5. The van der Waals surface area contributed by atoms with Gasteiger partial charge in [-0.15, -0.1) is 5.10 Å². The van der Waals surface area contributed by atoms with Crippen molar-refractivity contribution >= 4 is 6.01 Å². The average molecular weight is 292 g/mol. The number of aromatic nitrogens is 3. The van der Waals surface area contributed by atoms with Crippen LogP contribution in [0.3, 0.4) is 0 Å². The molecule has 8 heteroatoms. The third-order valence-electron chi connectivity index (χ3n) is 2.67. The van der Waals surface area contributed by atoms with Crippen LogP contribution in [0.2, 0.25) is 0 Å². The Kier molecular flexibility index (Phi) is 3.59. The minimum atomic E-state index is -2.79. The van der Waals surface area contributed by atoms with Crippen LogP contribution in [-0.4, -0.2) is 15.4 Å². The molecule has 3 aromatic rings. The topological polar surface area (TPSA) is 77.0 Å². The summed E-state index contributed by atoms with van der Waals surface area (Å²) in [6.45, 7) is 0.199. The average Bonchev–Trinajstić information content (AvgIpc) is 3.15. The van der Waals surface area contributed by atoms with Gasteiger partial charge in [0, 0.05) is 11.6 Å². The van der Waals surface area contributed by atoms with Gasteiger partial charge in [-0.1, -0.05) is 40.6 Å². The molecule has 0 aliphatic rings. The smallest absolute Gasteiger partial charge is 0.316 e. The number of hydrogen-bond acceptors (Lipinski definition) is 6. The van der Waals surface area contributed by atoms with Crippen molar-refractivity contribution in [3.05, 3.63) is 48.0 Å². The van der Waals surface area contributed by atoms with Gasteiger partial charge in [-0.25, -0.2) is 0 Å². The predicted molar refractivity (Wildman–Crippen MR) is 68.5 cm³/mol. The highest BCUT2D eigenvalue weighted by Gasteiger charge is 2.16. The van der Waals surface area contributed by atoms with Crippen LogP contribution in [-0.2, 0) is 6.54 Å². The lowest BCUT2D eigenvalue weighted by atomic mass is 10.1. The van der Waals surface area contributed by atoms with E-state index in [1.54, 1.807) is 6.07 Å². The van der Waals surface area contributed by atoms with Crippen LogP contribution in [0.1, 0.15) is 18.1 Å². The number of nitrogens with one attached hydrogen (secondary N) is 1. The number of benzene rings is 1. The van der Waals surface area contributed by atoms with Crippen LogP contribution in [0.5, 0.6) is 0 Å². The first-order chi connectivity index (χ1) is 10.2. The summed E-state index contributed by atoms with van der Waals surface area (Å²) >= 11 is 0. The normalized spacial score (nSPS) is 11.0. The van der Waals surface area contributed by atoms with Crippen molar-refractivity contribution in [1.82, 2.24) is 15.4 Å². The fourth-order valence-electron chi connectivity index (χ4n) is 1.70. The maximum Gasteiger partial charge on any atom is 0.316 e. The first-order valence-electron chi connectivity index (χ1n) is 6.09. The van der Waals surface area contributed by atoms with Crippen LogP contribution >= 0.6 is 0 Å². The Labute approximate surface area is 117 Å². The van der Waals surface area contributed by atoms with E-state index in [4.69, 9.17) is 8.94 Å². The molecule has 0 bridgehead atoms. The molecule has 6 nitrogen and oxygen atoms in total. The molecule has 108 valence electrons. The highest BCUT2D eigenvalue weighted by molar-refractivity contribution is 5.58. The second-order valence-corrected chi connectivity index (χ2v) is 4.14. The molecule has 0 saturated carbocycles. The molecule has 0 radical (unpaired) electrons. The summed E-state index contributed by atoms with van der Waals surface area (Å²) in [6.07, 6.45) is -2.79. The zero-order chi connectivity index (χ0) is 14.7. The van der Waals surface area contributed by atoms with E-state index in [2.05, 4.69) is 20.7 Å². The maximum absolute atomic E-state index is 12.3. The Morgan fingerprint density at radius 1 is 1.14 bits per heavy atom. The minimum absolute atomic E-state index is 0.0945. The van der Waals surface area contributed by atoms with Crippen LogP contribution < -0.4 is 5.32 Å². The van der Waals surface area contributed by atoms with Gasteiger partial charge >= 0.3 is 12.4 Å². The standard InChI is InChI=1S/C13H10F2N4O2/c14-11(15)12-17-18-13(20-12)16-7-9-6-10(19-21-9)8-4-2-1-3-5-8/h1-6,11H,7H2,(H,16,18). The van der Waals surface area contributed by atoms with E-state index in [0.717, 1.165) is 5.56 Å². The van der Waals surface area contributed by atoms with E-state index in [-0.39, 0.29) is 12.6 Å². The van der Waals surface area contributed by atoms with Crippen molar-refractivity contribution in [3.8, 4) is 11.3 Å². The molecule has 0 atom stereocenters. The summed E-state index contributed by atoms with van der Waals surface area (Å²) in [5.41, 5.74) is 1.61. The van der Waals surface area contributed by atoms with Crippen LogP contribution in [0.4, 0.5) is 14.8 Å². The lowest BCUT2D eigenvalue weighted by molar-refractivity contribution is 0.116. The molecule has 0 aliphatic carbocycles. The molecule has 0 aliphatic heterocycles. The zero-order valence-electron chi connectivity index (χ0n) is 10.7. The van der Waals surface area contributed by atoms with Crippen LogP contribution in [0.25, 0.3) is 11.3 Å². The SMILES string of the molecule is FC(F)c1nnc(NCc2cc(-c3ccccc3)no2)o1. The first kappa shape index (κ1) is 13.2. The van der Waals surface area contributed by atoms with Gasteiger partial charge in [0.2, 0.25) is 0 Å². The molecular formula is C13H10F2N4O2.